The predicted octanol–water partition coefficient (Wildman–Crippen LogP) is 1.65. The van der Waals surface area contributed by atoms with Gasteiger partial charge >= 0.3 is 0 Å². The quantitative estimate of drug-likeness (QED) is 0.788. The summed E-state index contributed by atoms with van der Waals surface area (Å²) in [7, 11) is 0. The lowest BCUT2D eigenvalue weighted by Gasteiger charge is -2.15. The number of nitrogens with zero attached hydrogens (tertiary/aromatic N) is 1. The van der Waals surface area contributed by atoms with E-state index in [9.17, 15) is 4.79 Å². The van der Waals surface area contributed by atoms with Crippen LogP contribution in [0.1, 0.15) is 38.8 Å². The molecule has 1 rings (SSSR count). The second-order valence-corrected chi connectivity index (χ2v) is 4.27. The molecule has 0 aliphatic carbocycles. The van der Waals surface area contributed by atoms with Gasteiger partial charge < -0.3 is 10.6 Å². The van der Waals surface area contributed by atoms with Crippen LogP contribution in [-0.2, 0) is 4.79 Å². The van der Waals surface area contributed by atoms with Gasteiger partial charge in [-0.15, -0.1) is 0 Å². The van der Waals surface area contributed by atoms with Crippen molar-refractivity contribution in [1.29, 1.82) is 0 Å². The van der Waals surface area contributed by atoms with E-state index in [1.54, 1.807) is 6.20 Å². The third-order valence-electron chi connectivity index (χ3n) is 2.77. The topological polar surface area (TPSA) is 54.0 Å². The lowest BCUT2D eigenvalue weighted by molar-refractivity contribution is -0.120. The standard InChI is InChI=1S/C13H21N3O/c1-4-10(2)16-13(17)9-15-11(3)12-6-5-7-14-8-12/h5-8,10-11,15H,4,9H2,1-3H3,(H,16,17). The van der Waals surface area contributed by atoms with Crippen molar-refractivity contribution in [3.63, 3.8) is 0 Å². The molecule has 17 heavy (non-hydrogen) atoms. The van der Waals surface area contributed by atoms with Gasteiger partial charge in [-0.1, -0.05) is 13.0 Å². The zero-order valence-electron chi connectivity index (χ0n) is 10.7. The number of amides is 1. The van der Waals surface area contributed by atoms with E-state index in [1.807, 2.05) is 32.2 Å². The zero-order valence-corrected chi connectivity index (χ0v) is 10.7. The van der Waals surface area contributed by atoms with E-state index >= 15 is 0 Å². The molecule has 1 amide bonds. The van der Waals surface area contributed by atoms with Crippen molar-refractivity contribution in [1.82, 2.24) is 15.6 Å². The fraction of sp³-hybridized carbons (Fsp3) is 0.538. The molecule has 4 heteroatoms. The number of nitrogens with one attached hydrogen (secondary N) is 2. The Kier molecular flexibility index (Phi) is 5.63. The lowest BCUT2D eigenvalue weighted by atomic mass is 10.1. The Morgan fingerprint density at radius 1 is 1.47 bits per heavy atom. The van der Waals surface area contributed by atoms with Crippen molar-refractivity contribution in [3.8, 4) is 0 Å². The molecule has 1 aromatic heterocycles. The van der Waals surface area contributed by atoms with E-state index < -0.39 is 0 Å². The number of carbonyl (C=O) groups excluding carboxylic acids is 1. The van der Waals surface area contributed by atoms with Gasteiger partial charge in [-0.25, -0.2) is 0 Å². The first-order valence-corrected chi connectivity index (χ1v) is 6.06. The second kappa shape index (κ2) is 7.01. The first-order chi connectivity index (χ1) is 8.13. The SMILES string of the molecule is CCC(C)NC(=O)CNC(C)c1cccnc1. The molecular weight excluding hydrogens is 214 g/mol. The van der Waals surface area contributed by atoms with Crippen molar-refractivity contribution < 1.29 is 4.79 Å². The first kappa shape index (κ1) is 13.6. The average Bonchev–Trinajstić information content (AvgIpc) is 2.36. The summed E-state index contributed by atoms with van der Waals surface area (Å²) in [6.45, 7) is 6.41. The van der Waals surface area contributed by atoms with E-state index in [0.29, 0.717) is 6.54 Å². The summed E-state index contributed by atoms with van der Waals surface area (Å²) >= 11 is 0. The molecule has 1 aromatic rings. The molecule has 2 N–H and O–H groups in total. The highest BCUT2D eigenvalue weighted by molar-refractivity contribution is 5.78. The van der Waals surface area contributed by atoms with Crippen LogP contribution in [0.15, 0.2) is 24.5 Å². The minimum atomic E-state index is 0.0371. The summed E-state index contributed by atoms with van der Waals surface area (Å²) in [5.41, 5.74) is 1.09. The molecule has 2 atom stereocenters. The molecule has 0 saturated carbocycles. The Hall–Kier alpha value is -1.42. The maximum absolute atomic E-state index is 11.6. The molecule has 94 valence electrons. The van der Waals surface area contributed by atoms with Gasteiger partial charge in [0.25, 0.3) is 0 Å². The number of rotatable bonds is 6. The summed E-state index contributed by atoms with van der Waals surface area (Å²) in [5, 5.41) is 6.10. The molecule has 0 fully saturated rings. The fourth-order valence-corrected chi connectivity index (χ4v) is 1.42. The maximum Gasteiger partial charge on any atom is 0.234 e. The van der Waals surface area contributed by atoms with Gasteiger partial charge in [0, 0.05) is 24.5 Å². The highest BCUT2D eigenvalue weighted by atomic mass is 16.1. The largest absolute Gasteiger partial charge is 0.353 e. The highest BCUT2D eigenvalue weighted by Crippen LogP contribution is 2.08. The van der Waals surface area contributed by atoms with E-state index in [-0.39, 0.29) is 18.0 Å². The minimum absolute atomic E-state index is 0.0371. The van der Waals surface area contributed by atoms with Gasteiger partial charge in [0.05, 0.1) is 6.54 Å². The van der Waals surface area contributed by atoms with E-state index in [4.69, 9.17) is 0 Å². The minimum Gasteiger partial charge on any atom is -0.353 e. The molecule has 4 nitrogen and oxygen atoms in total. The number of aromatic nitrogens is 1. The summed E-state index contributed by atoms with van der Waals surface area (Å²) in [6, 6.07) is 4.26. The van der Waals surface area contributed by atoms with Crippen LogP contribution in [0.4, 0.5) is 0 Å². The van der Waals surface area contributed by atoms with Crippen molar-refractivity contribution in [2.75, 3.05) is 6.54 Å². The third-order valence-corrected chi connectivity index (χ3v) is 2.77. The van der Waals surface area contributed by atoms with E-state index in [0.717, 1.165) is 12.0 Å². The molecule has 0 bridgehead atoms. The van der Waals surface area contributed by atoms with Crippen LogP contribution < -0.4 is 10.6 Å². The van der Waals surface area contributed by atoms with Crippen LogP contribution in [0.2, 0.25) is 0 Å². The van der Waals surface area contributed by atoms with Crippen LogP contribution in [0.25, 0.3) is 0 Å². The molecular formula is C13H21N3O. The van der Waals surface area contributed by atoms with Crippen molar-refractivity contribution in [2.24, 2.45) is 0 Å². The molecule has 1 heterocycles. The lowest BCUT2D eigenvalue weighted by Crippen LogP contribution is -2.39. The maximum atomic E-state index is 11.6. The molecule has 0 aromatic carbocycles. The fourth-order valence-electron chi connectivity index (χ4n) is 1.42. The number of pyridine rings is 1. The third kappa shape index (κ3) is 4.95. The van der Waals surface area contributed by atoms with Gasteiger partial charge in [-0.3, -0.25) is 9.78 Å². The van der Waals surface area contributed by atoms with Crippen LogP contribution in [0.3, 0.4) is 0 Å². The van der Waals surface area contributed by atoms with Crippen LogP contribution in [-0.4, -0.2) is 23.5 Å². The molecule has 0 spiro atoms. The Bertz CT molecular complexity index is 340. The smallest absolute Gasteiger partial charge is 0.234 e. The van der Waals surface area contributed by atoms with Gasteiger partial charge in [0.1, 0.15) is 0 Å². The van der Waals surface area contributed by atoms with Gasteiger partial charge in [-0.05, 0) is 31.9 Å². The van der Waals surface area contributed by atoms with Crippen LogP contribution in [0.5, 0.6) is 0 Å². The van der Waals surface area contributed by atoms with Crippen molar-refractivity contribution >= 4 is 5.91 Å². The Balaban J connectivity index is 2.33. The van der Waals surface area contributed by atoms with Gasteiger partial charge in [0.2, 0.25) is 5.91 Å². The molecule has 0 radical (unpaired) electrons. The summed E-state index contributed by atoms with van der Waals surface area (Å²) in [5.74, 6) is 0.0371. The Morgan fingerprint density at radius 3 is 2.82 bits per heavy atom. The molecule has 2 unspecified atom stereocenters. The zero-order chi connectivity index (χ0) is 12.7. The van der Waals surface area contributed by atoms with Gasteiger partial charge in [0.15, 0.2) is 0 Å². The summed E-state index contributed by atoms with van der Waals surface area (Å²) < 4.78 is 0. The van der Waals surface area contributed by atoms with Crippen molar-refractivity contribution in [2.45, 2.75) is 39.3 Å². The molecule has 0 aliphatic rings. The first-order valence-electron chi connectivity index (χ1n) is 6.06. The predicted molar refractivity (Wildman–Crippen MR) is 68.6 cm³/mol. The highest BCUT2D eigenvalue weighted by Gasteiger charge is 2.08. The molecule has 0 aliphatic heterocycles. The average molecular weight is 235 g/mol. The number of carbonyl (C=O) groups is 1. The number of hydrogen-bond acceptors (Lipinski definition) is 3. The molecule has 0 saturated heterocycles. The summed E-state index contributed by atoms with van der Waals surface area (Å²) in [6.07, 6.45) is 4.50. The van der Waals surface area contributed by atoms with Crippen LogP contribution >= 0.6 is 0 Å². The normalized spacial score (nSPS) is 14.1. The van der Waals surface area contributed by atoms with Gasteiger partial charge in [-0.2, -0.15) is 0 Å². The monoisotopic (exact) mass is 235 g/mol. The Labute approximate surface area is 103 Å². The second-order valence-electron chi connectivity index (χ2n) is 4.27. The van der Waals surface area contributed by atoms with E-state index in [2.05, 4.69) is 22.5 Å². The van der Waals surface area contributed by atoms with Crippen molar-refractivity contribution in [3.05, 3.63) is 30.1 Å². The van der Waals surface area contributed by atoms with E-state index in [1.165, 1.54) is 0 Å². The van der Waals surface area contributed by atoms with Crippen LogP contribution in [0, 0.1) is 0 Å². The summed E-state index contributed by atoms with van der Waals surface area (Å²) in [4.78, 5) is 15.6. The Morgan fingerprint density at radius 2 is 2.24 bits per heavy atom. The number of hydrogen-bond donors (Lipinski definition) is 2.